The van der Waals surface area contributed by atoms with E-state index in [2.05, 4.69) is 122 Å². The van der Waals surface area contributed by atoms with Crippen LogP contribution in [0.25, 0.3) is 0 Å². The Kier molecular flexibility index (Phi) is 8.80. The average molecular weight is 611 g/mol. The van der Waals surface area contributed by atoms with Crippen LogP contribution in [0.15, 0.2) is 95.4 Å². The summed E-state index contributed by atoms with van der Waals surface area (Å²) in [6.07, 6.45) is 17.5. The van der Waals surface area contributed by atoms with Gasteiger partial charge in [-0.3, -0.25) is 4.55 Å². The van der Waals surface area contributed by atoms with E-state index >= 15 is 0 Å². The zero-order valence-corrected chi connectivity index (χ0v) is 27.3. The Morgan fingerprint density at radius 3 is 2.39 bits per heavy atom. The summed E-state index contributed by atoms with van der Waals surface area (Å²) >= 11 is 0. The number of anilines is 1. The van der Waals surface area contributed by atoms with Gasteiger partial charge in [-0.15, -0.1) is 6.42 Å². The molecule has 0 amide bonds. The molecule has 0 atom stereocenters. The molecule has 0 unspecified atom stereocenters. The van der Waals surface area contributed by atoms with E-state index in [1.165, 1.54) is 39.4 Å². The predicted molar refractivity (Wildman–Crippen MR) is 181 cm³/mol. The summed E-state index contributed by atoms with van der Waals surface area (Å²) in [5, 5.41) is 3.51. The first-order chi connectivity index (χ1) is 20.9. The molecule has 44 heavy (non-hydrogen) atoms. The molecule has 0 saturated heterocycles. The molecule has 0 spiro atoms. The summed E-state index contributed by atoms with van der Waals surface area (Å²) in [7, 11) is -1.83. The van der Waals surface area contributed by atoms with Gasteiger partial charge in [0.05, 0.1) is 17.7 Å². The van der Waals surface area contributed by atoms with E-state index in [0.717, 1.165) is 24.2 Å². The molecule has 2 aromatic rings. The minimum atomic E-state index is -3.97. The fraction of sp³-hybridized carbons (Fsp3) is 0.378. The zero-order valence-electron chi connectivity index (χ0n) is 26.5. The van der Waals surface area contributed by atoms with Crippen molar-refractivity contribution >= 4 is 27.2 Å². The molecule has 230 valence electrons. The molecule has 6 nitrogen and oxygen atoms in total. The van der Waals surface area contributed by atoms with Gasteiger partial charge >= 0.3 is 0 Å². The first-order valence-corrected chi connectivity index (χ1v) is 17.0. The number of nitrogens with one attached hydrogen (secondary N) is 1. The second kappa shape index (κ2) is 12.3. The maximum atomic E-state index is 11.3. The molecule has 2 aliphatic heterocycles. The highest BCUT2D eigenvalue weighted by Crippen LogP contribution is 2.48. The third-order valence-corrected chi connectivity index (χ3v) is 10.1. The van der Waals surface area contributed by atoms with Crippen LogP contribution in [0.4, 0.5) is 11.4 Å². The first kappa shape index (κ1) is 31.6. The smallest absolute Gasteiger partial charge is 0.264 e. The molecule has 7 heteroatoms. The molecule has 2 heterocycles. The second-order valence-electron chi connectivity index (χ2n) is 12.9. The zero-order chi connectivity index (χ0) is 31.7. The number of hydrogen-bond donors (Lipinski definition) is 2. The number of nitrogens with zero attached hydrogens (tertiary/aromatic N) is 2. The van der Waals surface area contributed by atoms with Crippen molar-refractivity contribution in [3.63, 3.8) is 0 Å². The predicted octanol–water partition coefficient (Wildman–Crippen LogP) is 6.80. The Balaban J connectivity index is 1.47. The summed E-state index contributed by atoms with van der Waals surface area (Å²) in [5.41, 5.74) is 10.7. The van der Waals surface area contributed by atoms with Gasteiger partial charge < -0.3 is 10.2 Å². The van der Waals surface area contributed by atoms with E-state index in [-0.39, 0.29) is 16.6 Å². The molecule has 5 rings (SSSR count). The van der Waals surface area contributed by atoms with E-state index in [4.69, 9.17) is 6.42 Å². The normalized spacial score (nSPS) is 20.6. The molecule has 0 saturated carbocycles. The van der Waals surface area contributed by atoms with Crippen LogP contribution in [0.5, 0.6) is 0 Å². The molecule has 0 radical (unpaired) electrons. The molecular formula is C37H44N3O3S+. The second-order valence-corrected chi connectivity index (χ2v) is 14.5. The number of unbranched alkanes of at least 4 members (excludes halogenated alkanes) is 1. The van der Waals surface area contributed by atoms with Gasteiger partial charge in [-0.1, -0.05) is 68.3 Å². The Hall–Kier alpha value is -3.86. The van der Waals surface area contributed by atoms with Crippen LogP contribution in [0.1, 0.15) is 64.5 Å². The van der Waals surface area contributed by atoms with Gasteiger partial charge in [0.2, 0.25) is 5.69 Å². The largest absolute Gasteiger partial charge is 0.374 e. The maximum absolute atomic E-state index is 11.3. The van der Waals surface area contributed by atoms with Crippen LogP contribution in [-0.2, 0) is 20.9 Å². The number of rotatable bonds is 10. The summed E-state index contributed by atoms with van der Waals surface area (Å²) in [5.74, 6) is 2.52. The number of hydrogen-bond acceptors (Lipinski definition) is 4. The van der Waals surface area contributed by atoms with Crippen molar-refractivity contribution < 1.29 is 17.5 Å². The van der Waals surface area contributed by atoms with Crippen LogP contribution < -0.4 is 10.2 Å². The van der Waals surface area contributed by atoms with E-state index in [1.807, 2.05) is 6.07 Å². The van der Waals surface area contributed by atoms with Crippen molar-refractivity contribution in [3.05, 3.63) is 107 Å². The molecular weight excluding hydrogens is 566 g/mol. The third kappa shape index (κ3) is 6.06. The number of fused-ring (bicyclic) bond motifs is 2. The van der Waals surface area contributed by atoms with Gasteiger partial charge in [0.1, 0.15) is 7.05 Å². The summed E-state index contributed by atoms with van der Waals surface area (Å²) in [6, 6.07) is 17.0. The van der Waals surface area contributed by atoms with Crippen molar-refractivity contribution in [3.8, 4) is 12.3 Å². The highest BCUT2D eigenvalue weighted by molar-refractivity contribution is 7.85. The molecule has 0 bridgehead atoms. The molecule has 3 aliphatic rings. The molecule has 0 fully saturated rings. The van der Waals surface area contributed by atoms with Gasteiger partial charge in [0.25, 0.3) is 10.1 Å². The Labute approximate surface area is 263 Å². The monoisotopic (exact) mass is 610 g/mol. The lowest BCUT2D eigenvalue weighted by Crippen LogP contribution is -2.27. The van der Waals surface area contributed by atoms with Crippen LogP contribution in [-0.4, -0.2) is 49.1 Å². The topological polar surface area (TPSA) is 72.7 Å². The van der Waals surface area contributed by atoms with E-state index in [1.54, 1.807) is 0 Å². The van der Waals surface area contributed by atoms with E-state index in [0.29, 0.717) is 25.9 Å². The van der Waals surface area contributed by atoms with Gasteiger partial charge in [-0.2, -0.15) is 13.0 Å². The molecule has 0 aromatic heterocycles. The van der Waals surface area contributed by atoms with Gasteiger partial charge in [0, 0.05) is 46.7 Å². The summed E-state index contributed by atoms with van der Waals surface area (Å²) in [6.45, 7) is 10.1. The van der Waals surface area contributed by atoms with Crippen LogP contribution >= 0.6 is 0 Å². The maximum Gasteiger partial charge on any atom is 0.264 e. The van der Waals surface area contributed by atoms with E-state index in [9.17, 15) is 13.0 Å². The van der Waals surface area contributed by atoms with Gasteiger partial charge in [-0.25, -0.2) is 0 Å². The van der Waals surface area contributed by atoms with Crippen LogP contribution in [0.2, 0.25) is 0 Å². The summed E-state index contributed by atoms with van der Waals surface area (Å²) < 4.78 is 34.1. The van der Waals surface area contributed by atoms with Gasteiger partial charge in [0.15, 0.2) is 5.71 Å². The minimum Gasteiger partial charge on any atom is -0.374 e. The minimum absolute atomic E-state index is 0.0929. The van der Waals surface area contributed by atoms with E-state index < -0.39 is 10.1 Å². The molecule has 2 aromatic carbocycles. The number of benzene rings is 2. The van der Waals surface area contributed by atoms with Crippen molar-refractivity contribution in [2.24, 2.45) is 0 Å². The first-order valence-electron chi connectivity index (χ1n) is 15.4. The summed E-state index contributed by atoms with van der Waals surface area (Å²) in [4.78, 5) is 2.30. The number of allylic oxidation sites excluding steroid dienone is 7. The van der Waals surface area contributed by atoms with Crippen LogP contribution in [0.3, 0.4) is 0 Å². The Morgan fingerprint density at radius 2 is 1.68 bits per heavy atom. The number of para-hydroxylation sites is 2. The van der Waals surface area contributed by atoms with Crippen molar-refractivity contribution in [2.45, 2.75) is 64.2 Å². The lowest BCUT2D eigenvalue weighted by molar-refractivity contribution is -0.401. The SMILES string of the molecule is C#CCNC1=C(/C=C/C2=[N+](C)c3ccccc3C2(C)C)CC/C1=C/C=C1\N(CCCCS(=O)(=O)O)c2ccccc2C1(C)C. The lowest BCUT2D eigenvalue weighted by atomic mass is 9.81. The van der Waals surface area contributed by atoms with Crippen molar-refractivity contribution in [1.29, 1.82) is 0 Å². The van der Waals surface area contributed by atoms with Crippen molar-refractivity contribution in [2.75, 3.05) is 30.8 Å². The lowest BCUT2D eigenvalue weighted by Gasteiger charge is -2.27. The Bertz CT molecular complexity index is 1760. The molecule has 1 aliphatic carbocycles. The van der Waals surface area contributed by atoms with Gasteiger partial charge in [-0.05, 0) is 68.4 Å². The third-order valence-electron chi connectivity index (χ3n) is 9.33. The highest BCUT2D eigenvalue weighted by Gasteiger charge is 2.43. The van der Waals surface area contributed by atoms with Crippen LogP contribution in [0, 0.1) is 12.3 Å². The fourth-order valence-corrected chi connectivity index (χ4v) is 7.59. The molecule has 2 N–H and O–H groups in total. The standard InChI is InChI=1S/C37H43N3O3S/c1-7-24-38-35-27(20-22-33-36(2,3)29-14-8-10-16-31(29)39(33)6)18-19-28(35)21-23-34-37(4,5)30-15-9-11-17-32(30)40(34)25-12-13-26-44(41,42)43/h1,8-11,14-17,20-23H,12-13,18-19,24-26H2,2-6H3,(H,41,42,43)/p+1/b28-21-,34-23-. The Morgan fingerprint density at radius 1 is 0.977 bits per heavy atom. The quantitative estimate of drug-likeness (QED) is 0.134. The number of terminal acetylenes is 1. The fourth-order valence-electron chi connectivity index (χ4n) is 7.02. The highest BCUT2D eigenvalue weighted by atomic mass is 32.2. The van der Waals surface area contributed by atoms with Crippen molar-refractivity contribution in [1.82, 2.24) is 5.32 Å². The average Bonchev–Trinajstić information content (AvgIpc) is 3.53.